The first-order valence-electron chi connectivity index (χ1n) is 9.31. The molecule has 164 valence electrons. The van der Waals surface area contributed by atoms with Gasteiger partial charge in [-0.25, -0.2) is 18.0 Å². The molecule has 0 spiro atoms. The minimum atomic E-state index is -3.79. The number of hydrogen-bond donors (Lipinski definition) is 2. The number of ether oxygens (including phenoxy) is 2. The summed E-state index contributed by atoms with van der Waals surface area (Å²) in [5.74, 6) is -0.402. The van der Waals surface area contributed by atoms with E-state index in [1.807, 2.05) is 30.3 Å². The number of hydrogen-bond acceptors (Lipinski definition) is 6. The molecular formula is C19H29ClN2O6S. The molecule has 0 aromatic heterocycles. The van der Waals surface area contributed by atoms with Gasteiger partial charge in [0.15, 0.2) is 0 Å². The summed E-state index contributed by atoms with van der Waals surface area (Å²) in [5.41, 5.74) is 0.194. The molecule has 0 aliphatic heterocycles. The second-order valence-corrected chi connectivity index (χ2v) is 10.4. The van der Waals surface area contributed by atoms with Gasteiger partial charge in [0.05, 0.1) is 5.75 Å². The van der Waals surface area contributed by atoms with Crippen LogP contribution in [-0.2, 0) is 25.1 Å². The Morgan fingerprint density at radius 1 is 1.10 bits per heavy atom. The highest BCUT2D eigenvalue weighted by atomic mass is 35.7. The molecule has 29 heavy (non-hydrogen) atoms. The highest BCUT2D eigenvalue weighted by Crippen LogP contribution is 2.11. The maximum absolute atomic E-state index is 11.9. The molecule has 0 radical (unpaired) electrons. The third-order valence-electron chi connectivity index (χ3n) is 3.58. The zero-order valence-corrected chi connectivity index (χ0v) is 18.5. The number of rotatable bonds is 10. The van der Waals surface area contributed by atoms with Crippen LogP contribution < -0.4 is 10.6 Å². The fourth-order valence-electron chi connectivity index (χ4n) is 2.39. The molecule has 1 unspecified atom stereocenters. The van der Waals surface area contributed by atoms with Crippen LogP contribution >= 0.6 is 10.7 Å². The summed E-state index contributed by atoms with van der Waals surface area (Å²) in [7, 11) is 1.53. The zero-order valence-electron chi connectivity index (χ0n) is 16.9. The molecule has 10 heteroatoms. The number of amides is 2. The van der Waals surface area contributed by atoms with E-state index in [4.69, 9.17) is 20.2 Å². The Bertz CT molecular complexity index is 750. The van der Waals surface area contributed by atoms with Crippen molar-refractivity contribution in [2.75, 3.05) is 12.3 Å². The molecule has 0 saturated heterocycles. The summed E-state index contributed by atoms with van der Waals surface area (Å²) in [6.07, 6.45) is 0.276. The van der Waals surface area contributed by atoms with Crippen LogP contribution in [0.2, 0.25) is 0 Å². The van der Waals surface area contributed by atoms with Gasteiger partial charge in [0.2, 0.25) is 9.05 Å². The van der Waals surface area contributed by atoms with Gasteiger partial charge in [-0.2, -0.15) is 0 Å². The number of carbonyl (C=O) groups is 2. The van der Waals surface area contributed by atoms with Crippen molar-refractivity contribution in [1.29, 1.82) is 0 Å². The smallest absolute Gasteiger partial charge is 0.407 e. The zero-order chi connectivity index (χ0) is 21.9. The summed E-state index contributed by atoms with van der Waals surface area (Å²) in [5, 5.41) is 5.16. The van der Waals surface area contributed by atoms with E-state index in [0.29, 0.717) is 25.8 Å². The van der Waals surface area contributed by atoms with Crippen LogP contribution in [0.25, 0.3) is 0 Å². The van der Waals surface area contributed by atoms with E-state index in [9.17, 15) is 18.0 Å². The van der Waals surface area contributed by atoms with Crippen LogP contribution in [0.4, 0.5) is 9.59 Å². The monoisotopic (exact) mass is 448 g/mol. The van der Waals surface area contributed by atoms with Gasteiger partial charge in [0.1, 0.15) is 12.2 Å². The Balaban J connectivity index is 2.32. The Morgan fingerprint density at radius 2 is 1.76 bits per heavy atom. The van der Waals surface area contributed by atoms with Gasteiger partial charge in [-0.1, -0.05) is 30.3 Å². The lowest BCUT2D eigenvalue weighted by molar-refractivity contribution is 0.0507. The van der Waals surface area contributed by atoms with Gasteiger partial charge in [-0.05, 0) is 45.6 Å². The Kier molecular flexibility index (Phi) is 10.2. The molecule has 2 N–H and O–H groups in total. The lowest BCUT2D eigenvalue weighted by atomic mass is 10.1. The molecule has 1 rings (SSSR count). The van der Waals surface area contributed by atoms with Gasteiger partial charge < -0.3 is 20.1 Å². The average molecular weight is 449 g/mol. The SMILES string of the molecule is CC(C)(C)OC(=O)NC(CCCCNC(=O)OCc1ccccc1)CS(=O)(=O)Cl. The first-order chi connectivity index (χ1) is 13.4. The van der Waals surface area contributed by atoms with Gasteiger partial charge in [0.25, 0.3) is 0 Å². The largest absolute Gasteiger partial charge is 0.445 e. The maximum atomic E-state index is 11.9. The summed E-state index contributed by atoms with van der Waals surface area (Å²) in [6, 6.07) is 8.63. The highest BCUT2D eigenvalue weighted by molar-refractivity contribution is 8.13. The normalized spacial score (nSPS) is 12.7. The molecule has 1 aromatic rings. The molecule has 1 aromatic carbocycles. The van der Waals surface area contributed by atoms with Crippen molar-refractivity contribution in [3.63, 3.8) is 0 Å². The lowest BCUT2D eigenvalue weighted by Gasteiger charge is -2.23. The number of alkyl carbamates (subject to hydrolysis) is 2. The van der Waals surface area contributed by atoms with E-state index in [2.05, 4.69) is 10.6 Å². The number of halogens is 1. The van der Waals surface area contributed by atoms with E-state index in [1.54, 1.807) is 20.8 Å². The second-order valence-electron chi connectivity index (χ2n) is 7.53. The first-order valence-corrected chi connectivity index (χ1v) is 11.8. The Labute approximate surface area is 176 Å². The van der Waals surface area contributed by atoms with Crippen molar-refractivity contribution >= 4 is 31.9 Å². The van der Waals surface area contributed by atoms with Crippen molar-refractivity contribution in [2.45, 2.75) is 58.3 Å². The van der Waals surface area contributed by atoms with E-state index < -0.39 is 38.6 Å². The number of carbonyl (C=O) groups excluding carboxylic acids is 2. The summed E-state index contributed by atoms with van der Waals surface area (Å²) in [4.78, 5) is 23.6. The molecule has 2 amide bonds. The second kappa shape index (κ2) is 11.9. The first kappa shape index (κ1) is 25.0. The fraction of sp³-hybridized carbons (Fsp3) is 0.579. The van der Waals surface area contributed by atoms with Crippen molar-refractivity contribution in [3.8, 4) is 0 Å². The molecule has 0 fully saturated rings. The molecule has 0 aliphatic carbocycles. The van der Waals surface area contributed by atoms with Gasteiger partial charge in [-0.15, -0.1) is 0 Å². The van der Waals surface area contributed by atoms with E-state index in [1.165, 1.54) is 0 Å². The van der Waals surface area contributed by atoms with E-state index in [-0.39, 0.29) is 6.61 Å². The molecule has 0 saturated carbocycles. The van der Waals surface area contributed by atoms with Gasteiger partial charge in [-0.3, -0.25) is 0 Å². The third kappa shape index (κ3) is 13.8. The highest BCUT2D eigenvalue weighted by Gasteiger charge is 2.22. The van der Waals surface area contributed by atoms with Crippen LogP contribution in [0.15, 0.2) is 30.3 Å². The summed E-state index contributed by atoms with van der Waals surface area (Å²) in [6.45, 7) is 5.68. The predicted molar refractivity (Wildman–Crippen MR) is 111 cm³/mol. The molecule has 0 bridgehead atoms. The Morgan fingerprint density at radius 3 is 2.34 bits per heavy atom. The van der Waals surface area contributed by atoms with Crippen LogP contribution in [0, 0.1) is 0 Å². The fourth-order valence-corrected chi connectivity index (χ4v) is 3.58. The van der Waals surface area contributed by atoms with Crippen LogP contribution in [0.1, 0.15) is 45.6 Å². The summed E-state index contributed by atoms with van der Waals surface area (Å²) < 4.78 is 33.0. The number of benzene rings is 1. The third-order valence-corrected chi connectivity index (χ3v) is 4.76. The van der Waals surface area contributed by atoms with Gasteiger partial charge >= 0.3 is 12.2 Å². The molecule has 1 atom stereocenters. The minimum Gasteiger partial charge on any atom is -0.445 e. The molecule has 8 nitrogen and oxygen atoms in total. The van der Waals surface area contributed by atoms with Crippen molar-refractivity contribution in [1.82, 2.24) is 10.6 Å². The van der Waals surface area contributed by atoms with Gasteiger partial charge in [0, 0.05) is 23.3 Å². The molecular weight excluding hydrogens is 420 g/mol. The van der Waals surface area contributed by atoms with Crippen molar-refractivity contribution in [2.24, 2.45) is 0 Å². The lowest BCUT2D eigenvalue weighted by Crippen LogP contribution is -2.42. The topological polar surface area (TPSA) is 111 Å². The number of unbranched alkanes of at least 4 members (excludes halogenated alkanes) is 1. The van der Waals surface area contributed by atoms with Crippen molar-refractivity contribution < 1.29 is 27.5 Å². The van der Waals surface area contributed by atoms with Crippen molar-refractivity contribution in [3.05, 3.63) is 35.9 Å². The summed E-state index contributed by atoms with van der Waals surface area (Å²) >= 11 is 0. The quantitative estimate of drug-likeness (QED) is 0.418. The minimum absolute atomic E-state index is 0.183. The molecule has 0 aliphatic rings. The standard InChI is InChI=1S/C19H29ClN2O6S/c1-19(2,3)28-18(24)22-16(14-29(20,25)26)11-7-8-12-21-17(23)27-13-15-9-5-4-6-10-15/h4-6,9-10,16H,7-8,11-14H2,1-3H3,(H,21,23)(H,22,24). The maximum Gasteiger partial charge on any atom is 0.407 e. The molecule has 0 heterocycles. The number of nitrogens with one attached hydrogen (secondary N) is 2. The Hall–Kier alpha value is -2.00. The predicted octanol–water partition coefficient (Wildman–Crippen LogP) is 3.55. The van der Waals surface area contributed by atoms with Crippen LogP contribution in [0.5, 0.6) is 0 Å². The van der Waals surface area contributed by atoms with E-state index >= 15 is 0 Å². The van der Waals surface area contributed by atoms with Crippen LogP contribution in [0.3, 0.4) is 0 Å². The van der Waals surface area contributed by atoms with Crippen LogP contribution in [-0.4, -0.2) is 44.5 Å². The van der Waals surface area contributed by atoms with E-state index in [0.717, 1.165) is 5.56 Å². The average Bonchev–Trinajstić information content (AvgIpc) is 2.57.